The van der Waals surface area contributed by atoms with Crippen molar-refractivity contribution >= 4 is 15.7 Å². The lowest BCUT2D eigenvalue weighted by molar-refractivity contribution is 0.0710. The lowest BCUT2D eigenvalue weighted by Crippen LogP contribution is -2.38. The molecule has 26 heavy (non-hydrogen) atoms. The Morgan fingerprint density at radius 2 is 1.77 bits per heavy atom. The number of carbonyl (C=O) groups excluding carboxylic acids is 1. The number of hydrogen-bond donors (Lipinski definition) is 0. The molecule has 0 aliphatic carbocycles. The van der Waals surface area contributed by atoms with E-state index in [2.05, 4.69) is 23.4 Å². The Morgan fingerprint density at radius 1 is 1.15 bits per heavy atom. The molecule has 6 nitrogen and oxygen atoms in total. The third-order valence-electron chi connectivity index (χ3n) is 4.93. The highest BCUT2D eigenvalue weighted by Gasteiger charge is 2.27. The molecule has 1 amide bonds. The monoisotopic (exact) mass is 375 g/mol. The molecule has 0 radical (unpaired) electrons. The molecule has 1 aromatic carbocycles. The van der Waals surface area contributed by atoms with Gasteiger partial charge in [0.1, 0.15) is 5.82 Å². The summed E-state index contributed by atoms with van der Waals surface area (Å²) in [6.07, 6.45) is 6.79. The average Bonchev–Trinajstić information content (AvgIpc) is 3.11. The van der Waals surface area contributed by atoms with Crippen LogP contribution in [0.15, 0.2) is 41.6 Å². The van der Waals surface area contributed by atoms with Crippen LogP contribution in [0.5, 0.6) is 0 Å². The normalized spacial score (nSPS) is 16.2. The van der Waals surface area contributed by atoms with Crippen molar-refractivity contribution in [2.45, 2.75) is 43.5 Å². The summed E-state index contributed by atoms with van der Waals surface area (Å²) in [5, 5.41) is 0. The van der Waals surface area contributed by atoms with E-state index < -0.39 is 9.84 Å². The number of amides is 1. The molecule has 0 bridgehead atoms. The quantitative estimate of drug-likeness (QED) is 0.824. The van der Waals surface area contributed by atoms with Crippen LogP contribution >= 0.6 is 0 Å². The van der Waals surface area contributed by atoms with Gasteiger partial charge in [0.15, 0.2) is 9.84 Å². The highest BCUT2D eigenvalue weighted by molar-refractivity contribution is 7.90. The highest BCUT2D eigenvalue weighted by Crippen LogP contribution is 2.29. The van der Waals surface area contributed by atoms with Gasteiger partial charge in [0, 0.05) is 49.3 Å². The van der Waals surface area contributed by atoms with E-state index in [-0.39, 0.29) is 10.8 Å². The Morgan fingerprint density at radius 3 is 2.31 bits per heavy atom. The Balaban J connectivity index is 1.66. The number of imidazole rings is 1. The molecule has 0 spiro atoms. The van der Waals surface area contributed by atoms with Crippen molar-refractivity contribution in [2.24, 2.45) is 0 Å². The molecule has 2 heterocycles. The zero-order chi connectivity index (χ0) is 18.9. The van der Waals surface area contributed by atoms with Crippen molar-refractivity contribution in [1.82, 2.24) is 14.5 Å². The maximum atomic E-state index is 12.7. The third-order valence-corrected chi connectivity index (χ3v) is 6.06. The van der Waals surface area contributed by atoms with Gasteiger partial charge in [-0.15, -0.1) is 0 Å². The van der Waals surface area contributed by atoms with Crippen LogP contribution in [0.1, 0.15) is 54.8 Å². The fourth-order valence-electron chi connectivity index (χ4n) is 3.45. The molecule has 0 N–H and O–H groups in total. The van der Waals surface area contributed by atoms with Gasteiger partial charge in [-0.2, -0.15) is 0 Å². The van der Waals surface area contributed by atoms with Gasteiger partial charge in [-0.1, -0.05) is 0 Å². The molecule has 0 atom stereocenters. The summed E-state index contributed by atoms with van der Waals surface area (Å²) in [6, 6.07) is 6.55. The first-order valence-corrected chi connectivity index (χ1v) is 10.8. The van der Waals surface area contributed by atoms with Crippen molar-refractivity contribution in [3.8, 4) is 0 Å². The van der Waals surface area contributed by atoms with E-state index in [9.17, 15) is 13.2 Å². The van der Waals surface area contributed by atoms with Crippen LogP contribution in [-0.4, -0.2) is 48.1 Å². The minimum atomic E-state index is -3.25. The first kappa shape index (κ1) is 18.6. The zero-order valence-electron chi connectivity index (χ0n) is 15.4. The first-order chi connectivity index (χ1) is 12.3. The van der Waals surface area contributed by atoms with Crippen molar-refractivity contribution in [1.29, 1.82) is 0 Å². The molecule has 0 saturated carbocycles. The van der Waals surface area contributed by atoms with Crippen LogP contribution in [0.3, 0.4) is 0 Å². The first-order valence-electron chi connectivity index (χ1n) is 8.89. The van der Waals surface area contributed by atoms with Gasteiger partial charge in [0.25, 0.3) is 5.91 Å². The summed E-state index contributed by atoms with van der Waals surface area (Å²) in [5.74, 6) is 1.42. The summed E-state index contributed by atoms with van der Waals surface area (Å²) in [7, 11) is -3.25. The lowest BCUT2D eigenvalue weighted by Gasteiger charge is -2.32. The highest BCUT2D eigenvalue weighted by atomic mass is 32.2. The molecule has 1 fully saturated rings. The van der Waals surface area contributed by atoms with Gasteiger partial charge in [0.2, 0.25) is 0 Å². The molecule has 1 aliphatic rings. The summed E-state index contributed by atoms with van der Waals surface area (Å²) in [5.41, 5.74) is 0.527. The van der Waals surface area contributed by atoms with Gasteiger partial charge in [0.05, 0.1) is 4.90 Å². The standard InChI is InChI=1S/C19H25N3O3S/c1-14(2)22-13-10-20-18(22)15-8-11-21(12-9-15)19(23)16-4-6-17(7-5-16)26(3,24)25/h4-7,10,13-15H,8-9,11-12H2,1-3H3. The van der Waals surface area contributed by atoms with Gasteiger partial charge in [-0.3, -0.25) is 4.79 Å². The summed E-state index contributed by atoms with van der Waals surface area (Å²) in [4.78, 5) is 19.3. The van der Waals surface area contributed by atoms with Gasteiger partial charge in [-0.25, -0.2) is 13.4 Å². The van der Waals surface area contributed by atoms with E-state index in [0.29, 0.717) is 30.6 Å². The predicted molar refractivity (Wildman–Crippen MR) is 100 cm³/mol. The van der Waals surface area contributed by atoms with Crippen molar-refractivity contribution in [2.75, 3.05) is 19.3 Å². The number of piperidine rings is 1. The molecule has 1 saturated heterocycles. The minimum absolute atomic E-state index is 0.0456. The maximum Gasteiger partial charge on any atom is 0.253 e. The molecular formula is C19H25N3O3S. The SMILES string of the molecule is CC(C)n1ccnc1C1CCN(C(=O)c2ccc(S(C)(=O)=O)cc2)CC1. The van der Waals surface area contributed by atoms with Crippen molar-refractivity contribution in [3.63, 3.8) is 0 Å². The predicted octanol–water partition coefficient (Wildman–Crippen LogP) is 2.89. The number of nitrogens with zero attached hydrogens (tertiary/aromatic N) is 3. The molecule has 0 unspecified atom stereocenters. The molecule has 3 rings (SSSR count). The van der Waals surface area contributed by atoms with Crippen LogP contribution in [-0.2, 0) is 9.84 Å². The lowest BCUT2D eigenvalue weighted by atomic mass is 9.95. The Hall–Kier alpha value is -2.15. The number of rotatable bonds is 4. The molecule has 1 aliphatic heterocycles. The Labute approximate surface area is 154 Å². The summed E-state index contributed by atoms with van der Waals surface area (Å²) >= 11 is 0. The van der Waals surface area contributed by atoms with Gasteiger partial charge in [-0.05, 0) is 51.0 Å². The van der Waals surface area contributed by atoms with E-state index >= 15 is 0 Å². The second kappa shape index (κ2) is 7.23. The smallest absolute Gasteiger partial charge is 0.253 e. The maximum absolute atomic E-state index is 12.7. The number of benzene rings is 1. The van der Waals surface area contributed by atoms with E-state index in [4.69, 9.17) is 0 Å². The molecule has 7 heteroatoms. The van der Waals surface area contributed by atoms with Crippen molar-refractivity contribution in [3.05, 3.63) is 48.0 Å². The number of sulfone groups is 1. The zero-order valence-corrected chi connectivity index (χ0v) is 16.2. The molecule has 2 aromatic rings. The van der Waals surface area contributed by atoms with Gasteiger partial charge >= 0.3 is 0 Å². The largest absolute Gasteiger partial charge is 0.339 e. The van der Waals surface area contributed by atoms with Crippen LogP contribution in [0, 0.1) is 0 Å². The van der Waals surface area contributed by atoms with Crippen LogP contribution in [0.25, 0.3) is 0 Å². The van der Waals surface area contributed by atoms with Crippen LogP contribution < -0.4 is 0 Å². The van der Waals surface area contributed by atoms with E-state index in [1.807, 2.05) is 17.3 Å². The van der Waals surface area contributed by atoms with Crippen LogP contribution in [0.2, 0.25) is 0 Å². The van der Waals surface area contributed by atoms with E-state index in [0.717, 1.165) is 24.9 Å². The Kier molecular flexibility index (Phi) is 5.18. The number of hydrogen-bond acceptors (Lipinski definition) is 4. The van der Waals surface area contributed by atoms with E-state index in [1.54, 1.807) is 12.1 Å². The Bertz CT molecular complexity index is 877. The second-order valence-electron chi connectivity index (χ2n) is 7.15. The topological polar surface area (TPSA) is 72.3 Å². The second-order valence-corrected chi connectivity index (χ2v) is 9.17. The fraction of sp³-hybridized carbons (Fsp3) is 0.474. The number of carbonyl (C=O) groups is 1. The molecule has 1 aromatic heterocycles. The number of aromatic nitrogens is 2. The summed E-state index contributed by atoms with van der Waals surface area (Å²) < 4.78 is 25.3. The number of likely N-dealkylation sites (tertiary alicyclic amines) is 1. The average molecular weight is 375 g/mol. The molecule has 140 valence electrons. The molecular weight excluding hydrogens is 350 g/mol. The van der Waals surface area contributed by atoms with Gasteiger partial charge < -0.3 is 9.47 Å². The van der Waals surface area contributed by atoms with Crippen molar-refractivity contribution < 1.29 is 13.2 Å². The van der Waals surface area contributed by atoms with Crippen LogP contribution in [0.4, 0.5) is 0 Å². The fourth-order valence-corrected chi connectivity index (χ4v) is 4.08. The third kappa shape index (κ3) is 3.82. The summed E-state index contributed by atoms with van der Waals surface area (Å²) in [6.45, 7) is 5.65. The van der Waals surface area contributed by atoms with E-state index in [1.165, 1.54) is 12.1 Å². The minimum Gasteiger partial charge on any atom is -0.339 e.